The Morgan fingerprint density at radius 1 is 1.21 bits per heavy atom. The zero-order chi connectivity index (χ0) is 13.4. The molecule has 0 aliphatic carbocycles. The first-order valence-electron chi connectivity index (χ1n) is 5.85. The molecule has 2 aromatic rings. The Labute approximate surface area is 114 Å². The van der Waals surface area contributed by atoms with Crippen molar-refractivity contribution in [2.24, 2.45) is 0 Å². The molecule has 96 valence electrons. The average Bonchev–Trinajstić information content (AvgIpc) is 2.41. The highest BCUT2D eigenvalue weighted by atomic mass is 35.5. The van der Waals surface area contributed by atoms with Crippen molar-refractivity contribution in [1.29, 1.82) is 0 Å². The van der Waals surface area contributed by atoms with Crippen LogP contribution in [0.2, 0.25) is 5.15 Å². The maximum Gasteiger partial charge on any atom is 0.251 e. The van der Waals surface area contributed by atoms with Crippen LogP contribution >= 0.6 is 11.6 Å². The third-order valence-electron chi connectivity index (χ3n) is 3.13. The molecule has 1 aliphatic rings. The third kappa shape index (κ3) is 2.13. The number of hydrogen-bond acceptors (Lipinski definition) is 4. The number of fused-ring (bicyclic) bond motifs is 1. The Balaban J connectivity index is 2.11. The first kappa shape index (κ1) is 11.9. The normalized spacial score (nSPS) is 13.8. The lowest BCUT2D eigenvalue weighted by atomic mass is 9.95. The molecule has 3 N–H and O–H groups in total. The highest BCUT2D eigenvalue weighted by Gasteiger charge is 2.17. The second-order valence-corrected chi connectivity index (χ2v) is 4.73. The molecule has 0 spiro atoms. The van der Waals surface area contributed by atoms with E-state index < -0.39 is 0 Å². The Morgan fingerprint density at radius 3 is 2.89 bits per heavy atom. The summed E-state index contributed by atoms with van der Waals surface area (Å²) < 4.78 is 0. The molecule has 19 heavy (non-hydrogen) atoms. The molecule has 1 aromatic carbocycles. The van der Waals surface area contributed by atoms with E-state index in [9.17, 15) is 4.79 Å². The molecule has 0 saturated carbocycles. The number of hydrogen-bond donors (Lipinski definition) is 2. The van der Waals surface area contributed by atoms with Crippen LogP contribution in [0, 0.1) is 0 Å². The quantitative estimate of drug-likeness (QED) is 0.829. The van der Waals surface area contributed by atoms with E-state index in [0.29, 0.717) is 23.1 Å². The van der Waals surface area contributed by atoms with E-state index in [1.807, 2.05) is 12.1 Å². The lowest BCUT2D eigenvalue weighted by Crippen LogP contribution is -2.31. The largest absolute Gasteiger partial charge is 0.382 e. The molecule has 1 amide bonds. The third-order valence-corrected chi connectivity index (χ3v) is 3.32. The van der Waals surface area contributed by atoms with Crippen LogP contribution in [0.5, 0.6) is 0 Å². The van der Waals surface area contributed by atoms with E-state index in [-0.39, 0.29) is 5.91 Å². The molecule has 2 heterocycles. The van der Waals surface area contributed by atoms with E-state index in [2.05, 4.69) is 15.5 Å². The average molecular weight is 275 g/mol. The summed E-state index contributed by atoms with van der Waals surface area (Å²) in [5, 5.41) is 10.6. The van der Waals surface area contributed by atoms with Crippen LogP contribution in [-0.2, 0) is 6.42 Å². The van der Waals surface area contributed by atoms with Crippen LogP contribution in [0.1, 0.15) is 15.9 Å². The summed E-state index contributed by atoms with van der Waals surface area (Å²) in [5.74, 6) is 0.288. The Hall–Kier alpha value is -2.14. The number of amides is 1. The van der Waals surface area contributed by atoms with E-state index in [0.717, 1.165) is 23.1 Å². The van der Waals surface area contributed by atoms with Gasteiger partial charge in [0.2, 0.25) is 0 Å². The number of nitrogens with two attached hydrogens (primary N) is 1. The molecule has 5 nitrogen and oxygen atoms in total. The van der Waals surface area contributed by atoms with Crippen molar-refractivity contribution in [1.82, 2.24) is 15.5 Å². The Kier molecular flexibility index (Phi) is 2.83. The minimum atomic E-state index is -0.0355. The first-order chi connectivity index (χ1) is 9.15. The van der Waals surface area contributed by atoms with Crippen molar-refractivity contribution in [2.45, 2.75) is 6.42 Å². The standard InChI is InChI=1S/C13H11ClN4O/c14-11-6-10(12(15)18-17-11)7-1-2-9-8(5-7)3-4-16-13(9)19/h1-2,5-6H,3-4H2,(H2,15,18)(H,16,19). The molecule has 0 bridgehead atoms. The van der Waals surface area contributed by atoms with Crippen molar-refractivity contribution in [3.63, 3.8) is 0 Å². The molecule has 0 unspecified atom stereocenters. The fourth-order valence-corrected chi connectivity index (χ4v) is 2.35. The minimum Gasteiger partial charge on any atom is -0.382 e. The van der Waals surface area contributed by atoms with Gasteiger partial charge in [-0.05, 0) is 29.7 Å². The monoisotopic (exact) mass is 274 g/mol. The lowest BCUT2D eigenvalue weighted by Gasteiger charge is -2.17. The molecule has 0 radical (unpaired) electrons. The lowest BCUT2D eigenvalue weighted by molar-refractivity contribution is 0.0946. The van der Waals surface area contributed by atoms with Gasteiger partial charge in [0.1, 0.15) is 0 Å². The number of anilines is 1. The van der Waals surface area contributed by atoms with Gasteiger partial charge in [-0.1, -0.05) is 23.7 Å². The summed E-state index contributed by atoms with van der Waals surface area (Å²) in [6.07, 6.45) is 0.807. The number of halogens is 1. The topological polar surface area (TPSA) is 80.9 Å². The molecule has 0 fully saturated rings. The van der Waals surface area contributed by atoms with Gasteiger partial charge < -0.3 is 11.1 Å². The maximum atomic E-state index is 11.7. The highest BCUT2D eigenvalue weighted by molar-refractivity contribution is 6.29. The summed E-state index contributed by atoms with van der Waals surface area (Å²) in [6, 6.07) is 7.27. The number of nitrogens with one attached hydrogen (secondary N) is 1. The maximum absolute atomic E-state index is 11.7. The summed E-state index contributed by atoms with van der Waals surface area (Å²) >= 11 is 5.84. The number of aromatic nitrogens is 2. The van der Waals surface area contributed by atoms with Gasteiger partial charge in [0.15, 0.2) is 11.0 Å². The predicted molar refractivity (Wildman–Crippen MR) is 72.9 cm³/mol. The second kappa shape index (κ2) is 4.51. The number of nitrogens with zero attached hydrogens (tertiary/aromatic N) is 2. The molecular formula is C13H11ClN4O. The van der Waals surface area contributed by atoms with Crippen molar-refractivity contribution >= 4 is 23.3 Å². The molecule has 3 rings (SSSR count). The smallest absolute Gasteiger partial charge is 0.251 e. The fraction of sp³-hybridized carbons (Fsp3) is 0.154. The Bertz CT molecular complexity index is 672. The van der Waals surface area contributed by atoms with Gasteiger partial charge >= 0.3 is 0 Å². The van der Waals surface area contributed by atoms with Gasteiger partial charge in [0, 0.05) is 17.7 Å². The summed E-state index contributed by atoms with van der Waals surface area (Å²) in [4.78, 5) is 11.7. The van der Waals surface area contributed by atoms with E-state index in [4.69, 9.17) is 17.3 Å². The number of carbonyl (C=O) groups excluding carboxylic acids is 1. The van der Waals surface area contributed by atoms with Crippen molar-refractivity contribution in [3.05, 3.63) is 40.5 Å². The van der Waals surface area contributed by atoms with Gasteiger partial charge in [-0.2, -0.15) is 0 Å². The number of carbonyl (C=O) groups is 1. The van der Waals surface area contributed by atoms with Crippen LogP contribution in [0.4, 0.5) is 5.82 Å². The van der Waals surface area contributed by atoms with Gasteiger partial charge in [-0.3, -0.25) is 4.79 Å². The first-order valence-corrected chi connectivity index (χ1v) is 6.23. The highest BCUT2D eigenvalue weighted by Crippen LogP contribution is 2.28. The predicted octanol–water partition coefficient (Wildman–Crippen LogP) is 1.67. The van der Waals surface area contributed by atoms with Crippen LogP contribution < -0.4 is 11.1 Å². The molecule has 0 atom stereocenters. The Morgan fingerprint density at radius 2 is 2.05 bits per heavy atom. The molecule has 1 aliphatic heterocycles. The van der Waals surface area contributed by atoms with Crippen LogP contribution in [0.3, 0.4) is 0 Å². The number of nitrogen functional groups attached to an aromatic ring is 1. The second-order valence-electron chi connectivity index (χ2n) is 4.34. The van der Waals surface area contributed by atoms with Crippen molar-refractivity contribution < 1.29 is 4.79 Å². The zero-order valence-corrected chi connectivity index (χ0v) is 10.7. The zero-order valence-electron chi connectivity index (χ0n) is 9.98. The molecule has 0 saturated heterocycles. The van der Waals surface area contributed by atoms with Crippen LogP contribution in [0.25, 0.3) is 11.1 Å². The van der Waals surface area contributed by atoms with Crippen molar-refractivity contribution in [2.75, 3.05) is 12.3 Å². The molecular weight excluding hydrogens is 264 g/mol. The van der Waals surface area contributed by atoms with Gasteiger partial charge in [-0.25, -0.2) is 0 Å². The summed E-state index contributed by atoms with van der Waals surface area (Å²) in [7, 11) is 0. The van der Waals surface area contributed by atoms with E-state index in [1.165, 1.54) is 0 Å². The summed E-state index contributed by atoms with van der Waals surface area (Å²) in [6.45, 7) is 0.653. The SMILES string of the molecule is Nc1nnc(Cl)cc1-c1ccc2c(c1)CCNC2=O. The fourth-order valence-electron chi connectivity index (χ4n) is 2.20. The van der Waals surface area contributed by atoms with E-state index in [1.54, 1.807) is 12.1 Å². The number of rotatable bonds is 1. The molecule has 6 heteroatoms. The minimum absolute atomic E-state index is 0.0355. The number of benzene rings is 1. The van der Waals surface area contributed by atoms with E-state index >= 15 is 0 Å². The van der Waals surface area contributed by atoms with Gasteiger partial charge in [0.05, 0.1) is 0 Å². The van der Waals surface area contributed by atoms with Gasteiger partial charge in [0.25, 0.3) is 5.91 Å². The van der Waals surface area contributed by atoms with Crippen molar-refractivity contribution in [3.8, 4) is 11.1 Å². The van der Waals surface area contributed by atoms with Crippen LogP contribution in [-0.4, -0.2) is 22.6 Å². The molecule has 1 aromatic heterocycles. The summed E-state index contributed by atoms with van der Waals surface area (Å²) in [5.41, 5.74) is 9.15. The van der Waals surface area contributed by atoms with Crippen LogP contribution in [0.15, 0.2) is 24.3 Å². The van der Waals surface area contributed by atoms with Gasteiger partial charge in [-0.15, -0.1) is 10.2 Å².